The van der Waals surface area contributed by atoms with Crippen molar-refractivity contribution in [3.05, 3.63) is 77.7 Å². The molecule has 0 spiro atoms. The van der Waals surface area contributed by atoms with Gasteiger partial charge in [0.2, 0.25) is 5.89 Å². The van der Waals surface area contributed by atoms with E-state index in [1.807, 2.05) is 36.4 Å². The van der Waals surface area contributed by atoms with Crippen molar-refractivity contribution in [2.24, 2.45) is 0 Å². The van der Waals surface area contributed by atoms with E-state index >= 15 is 0 Å². The van der Waals surface area contributed by atoms with E-state index in [0.29, 0.717) is 22.7 Å². The number of benzene rings is 2. The minimum absolute atomic E-state index is 0.204. The van der Waals surface area contributed by atoms with Crippen LogP contribution < -0.4 is 0 Å². The standard InChI is InChI=1S/C18H14N2O3S/c19-10-15-8-4-5-9-16(15)12-24(21,22)13-17-11-23-18(20-17)14-6-2-1-3-7-14/h1-9,11H,12-13H2. The number of rotatable bonds is 5. The predicted molar refractivity (Wildman–Crippen MR) is 89.4 cm³/mol. The number of sulfone groups is 1. The van der Waals surface area contributed by atoms with Crippen molar-refractivity contribution in [2.75, 3.05) is 0 Å². The summed E-state index contributed by atoms with van der Waals surface area (Å²) in [4.78, 5) is 4.24. The molecule has 0 unspecified atom stereocenters. The highest BCUT2D eigenvalue weighted by Crippen LogP contribution is 2.20. The van der Waals surface area contributed by atoms with Crippen molar-refractivity contribution in [2.45, 2.75) is 11.5 Å². The van der Waals surface area contributed by atoms with Crippen LogP contribution in [0, 0.1) is 11.3 Å². The van der Waals surface area contributed by atoms with Crippen LogP contribution in [0.5, 0.6) is 0 Å². The fourth-order valence-corrected chi connectivity index (χ4v) is 3.77. The summed E-state index contributed by atoms with van der Waals surface area (Å²) in [5.41, 5.74) is 2.00. The number of nitrogens with zero attached hydrogens (tertiary/aromatic N) is 2. The number of hydrogen-bond donors (Lipinski definition) is 0. The Hall–Kier alpha value is -2.91. The van der Waals surface area contributed by atoms with Gasteiger partial charge < -0.3 is 4.42 Å². The minimum atomic E-state index is -3.46. The fraction of sp³-hybridized carbons (Fsp3) is 0.111. The maximum absolute atomic E-state index is 12.4. The monoisotopic (exact) mass is 338 g/mol. The lowest BCUT2D eigenvalue weighted by Crippen LogP contribution is -2.09. The van der Waals surface area contributed by atoms with E-state index in [1.165, 1.54) is 6.26 Å². The van der Waals surface area contributed by atoms with E-state index < -0.39 is 9.84 Å². The second-order valence-electron chi connectivity index (χ2n) is 5.31. The van der Waals surface area contributed by atoms with Crippen molar-refractivity contribution in [3.63, 3.8) is 0 Å². The highest BCUT2D eigenvalue weighted by Gasteiger charge is 2.18. The molecule has 2 aromatic carbocycles. The summed E-state index contributed by atoms with van der Waals surface area (Å²) in [6.07, 6.45) is 1.36. The highest BCUT2D eigenvalue weighted by molar-refractivity contribution is 7.89. The number of aromatic nitrogens is 1. The molecule has 0 aliphatic carbocycles. The summed E-state index contributed by atoms with van der Waals surface area (Å²) in [6.45, 7) is 0. The van der Waals surface area contributed by atoms with Gasteiger partial charge in [-0.15, -0.1) is 0 Å². The molecule has 1 aromatic heterocycles. The fourth-order valence-electron chi connectivity index (χ4n) is 2.36. The second-order valence-corrected chi connectivity index (χ2v) is 7.38. The molecule has 0 fully saturated rings. The molecule has 6 heteroatoms. The molecule has 3 rings (SSSR count). The zero-order valence-corrected chi connectivity index (χ0v) is 13.5. The van der Waals surface area contributed by atoms with Crippen molar-refractivity contribution in [1.29, 1.82) is 5.26 Å². The zero-order valence-electron chi connectivity index (χ0n) is 12.7. The van der Waals surface area contributed by atoms with E-state index in [4.69, 9.17) is 9.68 Å². The predicted octanol–water partition coefficient (Wildman–Crippen LogP) is 3.33. The molecule has 0 amide bonds. The number of nitriles is 1. The van der Waals surface area contributed by atoms with E-state index in [9.17, 15) is 8.42 Å². The van der Waals surface area contributed by atoms with Gasteiger partial charge in [0.25, 0.3) is 0 Å². The van der Waals surface area contributed by atoms with Gasteiger partial charge in [-0.1, -0.05) is 36.4 Å². The summed E-state index contributed by atoms with van der Waals surface area (Å²) in [7, 11) is -3.46. The van der Waals surface area contributed by atoms with E-state index in [0.717, 1.165) is 5.56 Å². The Morgan fingerprint density at radius 3 is 2.46 bits per heavy atom. The molecule has 0 N–H and O–H groups in total. The van der Waals surface area contributed by atoms with Gasteiger partial charge >= 0.3 is 0 Å². The van der Waals surface area contributed by atoms with Crippen molar-refractivity contribution in [1.82, 2.24) is 4.98 Å². The minimum Gasteiger partial charge on any atom is -0.444 e. The summed E-state index contributed by atoms with van der Waals surface area (Å²) in [5.74, 6) is -0.0499. The van der Waals surface area contributed by atoms with Crippen LogP contribution in [0.2, 0.25) is 0 Å². The van der Waals surface area contributed by atoms with Crippen LogP contribution in [-0.4, -0.2) is 13.4 Å². The van der Waals surface area contributed by atoms with Crippen molar-refractivity contribution >= 4 is 9.84 Å². The third-order valence-corrected chi connectivity index (χ3v) is 4.94. The molecule has 0 aliphatic rings. The van der Waals surface area contributed by atoms with Crippen LogP contribution in [0.3, 0.4) is 0 Å². The van der Waals surface area contributed by atoms with Crippen LogP contribution in [0.15, 0.2) is 65.3 Å². The SMILES string of the molecule is N#Cc1ccccc1CS(=O)(=O)Cc1coc(-c2ccccc2)n1. The van der Waals surface area contributed by atoms with E-state index in [1.54, 1.807) is 24.3 Å². The molecule has 0 atom stereocenters. The number of oxazole rings is 1. The highest BCUT2D eigenvalue weighted by atomic mass is 32.2. The van der Waals surface area contributed by atoms with Gasteiger partial charge in [0.15, 0.2) is 9.84 Å². The van der Waals surface area contributed by atoms with Gasteiger partial charge in [0.05, 0.1) is 28.8 Å². The van der Waals surface area contributed by atoms with E-state index in [2.05, 4.69) is 4.98 Å². The summed E-state index contributed by atoms with van der Waals surface area (Å²) in [5, 5.41) is 9.06. The summed E-state index contributed by atoms with van der Waals surface area (Å²) in [6, 6.07) is 18.0. The largest absolute Gasteiger partial charge is 0.444 e. The Labute approximate surface area is 140 Å². The third kappa shape index (κ3) is 3.70. The first-order chi connectivity index (χ1) is 11.6. The van der Waals surface area contributed by atoms with Crippen LogP contribution >= 0.6 is 0 Å². The average Bonchev–Trinajstić information content (AvgIpc) is 3.03. The molecule has 0 aliphatic heterocycles. The van der Waals surface area contributed by atoms with Crippen LogP contribution in [0.4, 0.5) is 0 Å². The molecule has 0 radical (unpaired) electrons. The van der Waals surface area contributed by atoms with Gasteiger partial charge in [0.1, 0.15) is 6.26 Å². The Kier molecular flexibility index (Phi) is 4.45. The van der Waals surface area contributed by atoms with Crippen LogP contribution in [-0.2, 0) is 21.3 Å². The van der Waals surface area contributed by atoms with Gasteiger partial charge in [-0.2, -0.15) is 5.26 Å². The zero-order chi connectivity index (χ0) is 17.0. The Morgan fingerprint density at radius 2 is 1.71 bits per heavy atom. The first-order valence-corrected chi connectivity index (χ1v) is 9.08. The first-order valence-electron chi connectivity index (χ1n) is 7.26. The Bertz CT molecular complexity index is 986. The molecule has 0 saturated heterocycles. The lowest BCUT2D eigenvalue weighted by molar-refractivity contribution is 0.571. The maximum atomic E-state index is 12.4. The normalized spacial score (nSPS) is 11.1. The molecule has 0 saturated carbocycles. The maximum Gasteiger partial charge on any atom is 0.226 e. The van der Waals surface area contributed by atoms with Crippen LogP contribution in [0.1, 0.15) is 16.8 Å². The molecule has 3 aromatic rings. The van der Waals surface area contributed by atoms with E-state index in [-0.39, 0.29) is 11.5 Å². The van der Waals surface area contributed by atoms with Gasteiger partial charge in [-0.3, -0.25) is 0 Å². The average molecular weight is 338 g/mol. The van der Waals surface area contributed by atoms with Gasteiger partial charge in [0, 0.05) is 5.56 Å². The molecule has 24 heavy (non-hydrogen) atoms. The summed E-state index contributed by atoms with van der Waals surface area (Å²) < 4.78 is 30.1. The molecule has 1 heterocycles. The third-order valence-electron chi connectivity index (χ3n) is 3.45. The van der Waals surface area contributed by atoms with Crippen molar-refractivity contribution < 1.29 is 12.8 Å². The van der Waals surface area contributed by atoms with Gasteiger partial charge in [-0.05, 0) is 23.8 Å². The van der Waals surface area contributed by atoms with Crippen molar-refractivity contribution in [3.8, 4) is 17.5 Å². The van der Waals surface area contributed by atoms with Crippen LogP contribution in [0.25, 0.3) is 11.5 Å². The topological polar surface area (TPSA) is 84.0 Å². The lowest BCUT2D eigenvalue weighted by Gasteiger charge is -2.04. The summed E-state index contributed by atoms with van der Waals surface area (Å²) >= 11 is 0. The molecular formula is C18H14N2O3S. The second kappa shape index (κ2) is 6.69. The molecule has 5 nitrogen and oxygen atoms in total. The quantitative estimate of drug-likeness (QED) is 0.712. The smallest absolute Gasteiger partial charge is 0.226 e. The first kappa shape index (κ1) is 16.0. The molecule has 120 valence electrons. The number of hydrogen-bond acceptors (Lipinski definition) is 5. The van der Waals surface area contributed by atoms with Gasteiger partial charge in [-0.25, -0.2) is 13.4 Å². The Balaban J connectivity index is 1.78. The molecule has 0 bridgehead atoms. The Morgan fingerprint density at radius 1 is 1.00 bits per heavy atom. The molecular weight excluding hydrogens is 324 g/mol. The lowest BCUT2D eigenvalue weighted by atomic mass is 10.1.